The second-order valence-corrected chi connectivity index (χ2v) is 4.58. The maximum atomic E-state index is 11.1. The van der Waals surface area contributed by atoms with E-state index < -0.39 is 17.4 Å². The van der Waals surface area contributed by atoms with Gasteiger partial charge >= 0.3 is 0 Å². The summed E-state index contributed by atoms with van der Waals surface area (Å²) >= 11 is 6.99. The molecule has 0 saturated carbocycles. The van der Waals surface area contributed by atoms with E-state index in [0.29, 0.717) is 5.69 Å². The third-order valence-electron chi connectivity index (χ3n) is 1.85. The van der Waals surface area contributed by atoms with Crippen molar-refractivity contribution in [2.45, 2.75) is 4.90 Å². The topological polar surface area (TPSA) is 72.2 Å². The molecule has 0 aliphatic carbocycles. The van der Waals surface area contributed by atoms with Crippen LogP contribution in [0.25, 0.3) is 0 Å². The van der Waals surface area contributed by atoms with E-state index >= 15 is 0 Å². The van der Waals surface area contributed by atoms with Crippen LogP contribution in [0.15, 0.2) is 40.8 Å². The number of anilines is 1. The standard InChI is InChI=1S/C11H11ClN2O3S/c12-6-1-7-18-10-4-2-9(3-5-10)13-11(15)8-14(16)17/h1-6H,7-8H2,(H,13,15). The van der Waals surface area contributed by atoms with Crippen LogP contribution in [0.1, 0.15) is 0 Å². The number of nitrogens with zero attached hydrogens (tertiary/aromatic N) is 1. The average Bonchev–Trinajstić information content (AvgIpc) is 2.30. The van der Waals surface area contributed by atoms with Crippen molar-refractivity contribution < 1.29 is 9.72 Å². The summed E-state index contributed by atoms with van der Waals surface area (Å²) < 4.78 is 0. The summed E-state index contributed by atoms with van der Waals surface area (Å²) in [6, 6.07) is 7.05. The van der Waals surface area contributed by atoms with E-state index in [4.69, 9.17) is 11.6 Å². The van der Waals surface area contributed by atoms with Crippen molar-refractivity contribution in [2.75, 3.05) is 17.6 Å². The molecule has 0 saturated heterocycles. The molecule has 0 radical (unpaired) electrons. The Morgan fingerprint density at radius 1 is 1.44 bits per heavy atom. The van der Waals surface area contributed by atoms with Gasteiger partial charge in [-0.25, -0.2) is 0 Å². The van der Waals surface area contributed by atoms with Crippen molar-refractivity contribution in [3.8, 4) is 0 Å². The van der Waals surface area contributed by atoms with Gasteiger partial charge in [0.25, 0.3) is 12.5 Å². The minimum absolute atomic E-state index is 0.541. The van der Waals surface area contributed by atoms with E-state index in [1.807, 2.05) is 18.2 Å². The summed E-state index contributed by atoms with van der Waals surface area (Å²) in [4.78, 5) is 21.6. The van der Waals surface area contributed by atoms with Gasteiger partial charge in [-0.2, -0.15) is 0 Å². The van der Waals surface area contributed by atoms with E-state index in [-0.39, 0.29) is 0 Å². The normalized spacial score (nSPS) is 10.5. The van der Waals surface area contributed by atoms with Crippen LogP contribution >= 0.6 is 23.4 Å². The van der Waals surface area contributed by atoms with Crippen molar-refractivity contribution in [1.82, 2.24) is 0 Å². The first-order valence-corrected chi connectivity index (χ1v) is 6.44. The molecule has 1 aromatic carbocycles. The van der Waals surface area contributed by atoms with Crippen LogP contribution < -0.4 is 5.32 Å². The lowest BCUT2D eigenvalue weighted by Gasteiger charge is -2.03. The molecule has 7 heteroatoms. The second-order valence-electron chi connectivity index (χ2n) is 3.24. The van der Waals surface area contributed by atoms with Crippen LogP contribution in [0.5, 0.6) is 0 Å². The molecule has 5 nitrogen and oxygen atoms in total. The first-order chi connectivity index (χ1) is 8.61. The highest BCUT2D eigenvalue weighted by atomic mass is 35.5. The third-order valence-corrected chi connectivity index (χ3v) is 2.99. The van der Waals surface area contributed by atoms with Gasteiger partial charge in [0.05, 0.1) is 0 Å². The number of hydrogen-bond acceptors (Lipinski definition) is 4. The van der Waals surface area contributed by atoms with E-state index in [9.17, 15) is 14.9 Å². The van der Waals surface area contributed by atoms with Crippen molar-refractivity contribution in [2.24, 2.45) is 0 Å². The highest BCUT2D eigenvalue weighted by Crippen LogP contribution is 2.20. The second kappa shape index (κ2) is 7.73. The van der Waals surface area contributed by atoms with Gasteiger partial charge in [0.15, 0.2) is 0 Å². The van der Waals surface area contributed by atoms with E-state index in [1.54, 1.807) is 23.9 Å². The highest BCUT2D eigenvalue weighted by molar-refractivity contribution is 7.99. The fourth-order valence-electron chi connectivity index (χ4n) is 1.13. The molecule has 0 heterocycles. The number of amides is 1. The van der Waals surface area contributed by atoms with Crippen molar-refractivity contribution >= 4 is 35.0 Å². The molecule has 0 aliphatic heterocycles. The predicted molar refractivity (Wildman–Crippen MR) is 72.7 cm³/mol. The molecule has 1 amide bonds. The number of halogens is 1. The Labute approximate surface area is 113 Å². The summed E-state index contributed by atoms with van der Waals surface area (Å²) in [7, 11) is 0. The lowest BCUT2D eigenvalue weighted by atomic mass is 10.3. The smallest absolute Gasteiger partial charge is 0.296 e. The maximum Gasteiger partial charge on any atom is 0.296 e. The molecular weight excluding hydrogens is 276 g/mol. The average molecular weight is 287 g/mol. The molecule has 1 aromatic rings. The van der Waals surface area contributed by atoms with Crippen molar-refractivity contribution in [3.63, 3.8) is 0 Å². The van der Waals surface area contributed by atoms with Crippen LogP contribution in [-0.2, 0) is 4.79 Å². The van der Waals surface area contributed by atoms with Crippen LogP contribution in [0.3, 0.4) is 0 Å². The van der Waals surface area contributed by atoms with Gasteiger partial charge in [-0.05, 0) is 24.3 Å². The molecule has 0 fully saturated rings. The summed E-state index contributed by atoms with van der Waals surface area (Å²) in [5.41, 5.74) is 2.00. The molecule has 0 bridgehead atoms. The number of nitro groups is 1. The molecule has 0 aromatic heterocycles. The number of benzene rings is 1. The molecule has 0 spiro atoms. The van der Waals surface area contributed by atoms with Crippen molar-refractivity contribution in [1.29, 1.82) is 0 Å². The first kappa shape index (κ1) is 14.5. The van der Waals surface area contributed by atoms with E-state index in [1.165, 1.54) is 5.54 Å². The summed E-state index contributed by atoms with van der Waals surface area (Å²) in [5.74, 6) is 0.127. The number of carbonyl (C=O) groups excluding carboxylic acids is 1. The quantitative estimate of drug-likeness (QED) is 0.496. The van der Waals surface area contributed by atoms with Crippen LogP contribution in [-0.4, -0.2) is 23.1 Å². The van der Waals surface area contributed by atoms with E-state index in [2.05, 4.69) is 5.32 Å². The summed E-state index contributed by atoms with van der Waals surface area (Å²) in [6.45, 7) is -0.725. The molecule has 1 N–H and O–H groups in total. The first-order valence-electron chi connectivity index (χ1n) is 5.01. The van der Waals surface area contributed by atoms with Crippen LogP contribution in [0.2, 0.25) is 0 Å². The monoisotopic (exact) mass is 286 g/mol. The highest BCUT2D eigenvalue weighted by Gasteiger charge is 2.08. The summed E-state index contributed by atoms with van der Waals surface area (Å²) in [5, 5.41) is 12.6. The Morgan fingerprint density at radius 2 is 2.11 bits per heavy atom. The SMILES string of the molecule is O=C(C[N+](=O)[O-])Nc1ccc(SCC=CCl)cc1. The molecule has 0 atom stereocenters. The lowest BCUT2D eigenvalue weighted by Crippen LogP contribution is -2.21. The Balaban J connectivity index is 2.49. The van der Waals surface area contributed by atoms with Crippen molar-refractivity contribution in [3.05, 3.63) is 46.0 Å². The van der Waals surface area contributed by atoms with Crippen LogP contribution in [0, 0.1) is 10.1 Å². The number of nitrogens with one attached hydrogen (secondary N) is 1. The number of carbonyl (C=O) groups is 1. The third kappa shape index (κ3) is 5.70. The van der Waals surface area contributed by atoms with Gasteiger partial charge in [-0.15, -0.1) is 11.8 Å². The molecule has 1 rings (SSSR count). The predicted octanol–water partition coefficient (Wildman–Crippen LogP) is 2.75. The fourth-order valence-corrected chi connectivity index (χ4v) is 2.04. The fraction of sp³-hybridized carbons (Fsp3) is 0.182. The minimum Gasteiger partial charge on any atom is -0.320 e. The number of thioether (sulfide) groups is 1. The Kier molecular flexibility index (Phi) is 6.24. The number of hydrogen-bond donors (Lipinski definition) is 1. The lowest BCUT2D eigenvalue weighted by molar-refractivity contribution is -0.467. The largest absolute Gasteiger partial charge is 0.320 e. The molecule has 0 unspecified atom stereocenters. The minimum atomic E-state index is -0.725. The van der Waals surface area contributed by atoms with Gasteiger partial charge in [0.1, 0.15) is 0 Å². The molecule has 18 heavy (non-hydrogen) atoms. The van der Waals surface area contributed by atoms with Gasteiger partial charge in [-0.1, -0.05) is 17.7 Å². The Hall–Kier alpha value is -1.53. The maximum absolute atomic E-state index is 11.1. The number of rotatable bonds is 6. The van der Waals surface area contributed by atoms with Gasteiger partial charge < -0.3 is 5.32 Å². The van der Waals surface area contributed by atoms with E-state index in [0.717, 1.165) is 10.6 Å². The zero-order chi connectivity index (χ0) is 13.4. The molecule has 96 valence electrons. The molecule has 0 aliphatic rings. The zero-order valence-electron chi connectivity index (χ0n) is 9.34. The van der Waals surface area contributed by atoms with Gasteiger partial charge in [0.2, 0.25) is 0 Å². The molecular formula is C11H11ClN2O3S. The van der Waals surface area contributed by atoms with Gasteiger partial charge in [-0.3, -0.25) is 14.9 Å². The summed E-state index contributed by atoms with van der Waals surface area (Å²) in [6.07, 6.45) is 1.82. The zero-order valence-corrected chi connectivity index (χ0v) is 10.9. The van der Waals surface area contributed by atoms with Gasteiger partial charge in [0, 0.05) is 26.8 Å². The Bertz CT molecular complexity index is 448. The Morgan fingerprint density at radius 3 is 2.67 bits per heavy atom. The van der Waals surface area contributed by atoms with Crippen LogP contribution in [0.4, 0.5) is 5.69 Å².